The Balaban J connectivity index is 1.47. The summed E-state index contributed by atoms with van der Waals surface area (Å²) in [5.41, 5.74) is 1.73. The molecule has 2 aliphatic rings. The van der Waals surface area contributed by atoms with E-state index in [-0.39, 0.29) is 21.7 Å². The third-order valence-corrected chi connectivity index (χ3v) is 7.42. The highest BCUT2D eigenvalue weighted by atomic mass is 32.2. The van der Waals surface area contributed by atoms with E-state index in [1.807, 2.05) is 31.2 Å². The van der Waals surface area contributed by atoms with E-state index >= 15 is 0 Å². The van der Waals surface area contributed by atoms with Gasteiger partial charge in [-0.3, -0.25) is 4.90 Å². The Kier molecular flexibility index (Phi) is 6.44. The molecular weight excluding hydrogens is 458 g/mol. The third kappa shape index (κ3) is 4.75. The number of sulfone groups is 1. The van der Waals surface area contributed by atoms with Crippen LogP contribution in [0.2, 0.25) is 0 Å². The number of oxazole rings is 1. The summed E-state index contributed by atoms with van der Waals surface area (Å²) in [5, 5.41) is 3.01. The van der Waals surface area contributed by atoms with Crippen molar-refractivity contribution in [3.63, 3.8) is 0 Å². The molecular formula is C24H27N3O6S. The molecule has 1 saturated heterocycles. The molecule has 0 unspecified atom stereocenters. The molecule has 34 heavy (non-hydrogen) atoms. The van der Waals surface area contributed by atoms with E-state index in [1.54, 1.807) is 6.07 Å². The van der Waals surface area contributed by atoms with Crippen molar-refractivity contribution in [2.45, 2.75) is 16.8 Å². The fourth-order valence-corrected chi connectivity index (χ4v) is 5.25. The van der Waals surface area contributed by atoms with Crippen LogP contribution in [0.15, 0.2) is 56.8 Å². The zero-order valence-corrected chi connectivity index (χ0v) is 19.8. The molecule has 0 saturated carbocycles. The molecule has 0 atom stereocenters. The number of fused-ring (bicyclic) bond motifs is 1. The van der Waals surface area contributed by atoms with Crippen molar-refractivity contribution in [2.24, 2.45) is 0 Å². The van der Waals surface area contributed by atoms with Crippen LogP contribution in [0, 0.1) is 6.92 Å². The Morgan fingerprint density at radius 2 is 1.79 bits per heavy atom. The van der Waals surface area contributed by atoms with E-state index < -0.39 is 9.84 Å². The Morgan fingerprint density at radius 1 is 1.00 bits per heavy atom. The van der Waals surface area contributed by atoms with E-state index in [4.69, 9.17) is 18.6 Å². The highest BCUT2D eigenvalue weighted by Gasteiger charge is 2.30. The van der Waals surface area contributed by atoms with Crippen LogP contribution in [0.3, 0.4) is 0 Å². The highest BCUT2D eigenvalue weighted by Crippen LogP contribution is 2.37. The van der Waals surface area contributed by atoms with Crippen LogP contribution in [0.4, 0.5) is 5.88 Å². The summed E-state index contributed by atoms with van der Waals surface area (Å²) < 4.78 is 49.7. The maximum Gasteiger partial charge on any atom is 0.233 e. The van der Waals surface area contributed by atoms with E-state index in [2.05, 4.69) is 15.2 Å². The monoisotopic (exact) mass is 485 g/mol. The topological polar surface area (TPSA) is 103 Å². The highest BCUT2D eigenvalue weighted by molar-refractivity contribution is 7.91. The second kappa shape index (κ2) is 9.65. The number of benzene rings is 2. The molecule has 1 aromatic heterocycles. The minimum absolute atomic E-state index is 0.0667. The van der Waals surface area contributed by atoms with Crippen LogP contribution in [-0.4, -0.2) is 70.9 Å². The van der Waals surface area contributed by atoms with Crippen LogP contribution in [0.5, 0.6) is 11.5 Å². The summed E-state index contributed by atoms with van der Waals surface area (Å²) in [5.74, 6) is 1.29. The van der Waals surface area contributed by atoms with Gasteiger partial charge in [-0.15, -0.1) is 0 Å². The van der Waals surface area contributed by atoms with Gasteiger partial charge in [-0.05, 0) is 31.2 Å². The third-order valence-electron chi connectivity index (χ3n) is 5.76. The minimum Gasteiger partial charge on any atom is -0.486 e. The second-order valence-electron chi connectivity index (χ2n) is 8.21. The van der Waals surface area contributed by atoms with Gasteiger partial charge >= 0.3 is 0 Å². The fraction of sp³-hybridized carbons (Fsp3) is 0.375. The molecule has 2 aliphatic heterocycles. The molecule has 180 valence electrons. The van der Waals surface area contributed by atoms with Gasteiger partial charge in [0.05, 0.1) is 18.1 Å². The first kappa shape index (κ1) is 22.7. The predicted octanol–water partition coefficient (Wildman–Crippen LogP) is 3.00. The van der Waals surface area contributed by atoms with Crippen molar-refractivity contribution in [2.75, 3.05) is 57.9 Å². The van der Waals surface area contributed by atoms with Gasteiger partial charge in [0.1, 0.15) is 13.2 Å². The average molecular weight is 486 g/mol. The second-order valence-corrected chi connectivity index (χ2v) is 10.1. The Labute approximate surface area is 198 Å². The summed E-state index contributed by atoms with van der Waals surface area (Å²) in [6.45, 7) is 7.07. The number of nitrogens with zero attached hydrogens (tertiary/aromatic N) is 2. The lowest BCUT2D eigenvalue weighted by molar-refractivity contribution is 0.0398. The normalized spacial score (nSPS) is 16.4. The van der Waals surface area contributed by atoms with Crippen molar-refractivity contribution in [1.82, 2.24) is 9.88 Å². The first-order valence-corrected chi connectivity index (χ1v) is 12.8. The molecule has 0 radical (unpaired) electrons. The first-order chi connectivity index (χ1) is 16.5. The van der Waals surface area contributed by atoms with Crippen LogP contribution >= 0.6 is 0 Å². The number of rotatable bonds is 7. The standard InChI is InChI=1S/C24H27N3O6S/c1-17-3-2-4-18(15-17)22-26-24(23(33-22)25-7-8-27-9-11-30-12-10-27)34(28,29)19-5-6-20-21(16-19)32-14-13-31-20/h2-6,15-16,25H,7-14H2,1H3. The number of aromatic nitrogens is 1. The molecule has 3 aromatic rings. The van der Waals surface area contributed by atoms with Crippen molar-refractivity contribution in [3.8, 4) is 23.0 Å². The number of ether oxygens (including phenoxy) is 3. The Hall–Kier alpha value is -3.08. The molecule has 0 bridgehead atoms. The van der Waals surface area contributed by atoms with Crippen molar-refractivity contribution < 1.29 is 27.0 Å². The van der Waals surface area contributed by atoms with E-state index in [1.165, 1.54) is 12.1 Å². The molecule has 0 aliphatic carbocycles. The number of nitrogens with one attached hydrogen (secondary N) is 1. The van der Waals surface area contributed by atoms with E-state index in [0.29, 0.717) is 50.0 Å². The molecule has 9 nitrogen and oxygen atoms in total. The van der Waals surface area contributed by atoms with Crippen LogP contribution < -0.4 is 14.8 Å². The van der Waals surface area contributed by atoms with Crippen molar-refractivity contribution in [3.05, 3.63) is 48.0 Å². The molecule has 1 fully saturated rings. The van der Waals surface area contributed by atoms with Gasteiger partial charge in [-0.2, -0.15) is 4.98 Å². The van der Waals surface area contributed by atoms with Crippen LogP contribution in [0.25, 0.3) is 11.5 Å². The van der Waals surface area contributed by atoms with Gasteiger partial charge in [-0.1, -0.05) is 17.7 Å². The maximum atomic E-state index is 13.6. The lowest BCUT2D eigenvalue weighted by Crippen LogP contribution is -2.39. The van der Waals surface area contributed by atoms with E-state index in [0.717, 1.165) is 25.2 Å². The first-order valence-electron chi connectivity index (χ1n) is 11.3. The number of anilines is 1. The smallest absolute Gasteiger partial charge is 0.233 e. The minimum atomic E-state index is -3.99. The van der Waals surface area contributed by atoms with Crippen molar-refractivity contribution in [1.29, 1.82) is 0 Å². The molecule has 2 aromatic carbocycles. The van der Waals surface area contributed by atoms with Gasteiger partial charge < -0.3 is 23.9 Å². The molecule has 0 spiro atoms. The number of aryl methyl sites for hydroxylation is 1. The quantitative estimate of drug-likeness (QED) is 0.541. The SMILES string of the molecule is Cc1cccc(-c2nc(S(=O)(=O)c3ccc4c(c3)OCCO4)c(NCCN3CCOCC3)o2)c1. The summed E-state index contributed by atoms with van der Waals surface area (Å²) in [7, 11) is -3.99. The van der Waals surface area contributed by atoms with Crippen molar-refractivity contribution >= 4 is 15.7 Å². The number of hydrogen-bond acceptors (Lipinski definition) is 9. The summed E-state index contributed by atoms with van der Waals surface area (Å²) in [6.07, 6.45) is 0. The number of hydrogen-bond donors (Lipinski definition) is 1. The molecule has 0 amide bonds. The Morgan fingerprint density at radius 3 is 2.59 bits per heavy atom. The fourth-order valence-electron chi connectivity index (χ4n) is 3.96. The predicted molar refractivity (Wildman–Crippen MR) is 125 cm³/mol. The summed E-state index contributed by atoms with van der Waals surface area (Å²) in [6, 6.07) is 12.2. The van der Waals surface area contributed by atoms with Crippen LogP contribution in [0.1, 0.15) is 5.56 Å². The summed E-state index contributed by atoms with van der Waals surface area (Å²) in [4.78, 5) is 6.74. The van der Waals surface area contributed by atoms with Gasteiger partial charge in [0, 0.05) is 37.8 Å². The van der Waals surface area contributed by atoms with E-state index in [9.17, 15) is 8.42 Å². The zero-order chi connectivity index (χ0) is 23.5. The largest absolute Gasteiger partial charge is 0.486 e. The number of morpholine rings is 1. The van der Waals surface area contributed by atoms with Gasteiger partial charge in [-0.25, -0.2) is 8.42 Å². The van der Waals surface area contributed by atoms with Gasteiger partial charge in [0.25, 0.3) is 0 Å². The van der Waals surface area contributed by atoms with Gasteiger partial charge in [0.15, 0.2) is 11.5 Å². The summed E-state index contributed by atoms with van der Waals surface area (Å²) >= 11 is 0. The molecule has 10 heteroatoms. The molecule has 1 N–H and O–H groups in total. The van der Waals surface area contributed by atoms with Gasteiger partial charge in [0.2, 0.25) is 26.6 Å². The lowest BCUT2D eigenvalue weighted by atomic mass is 10.1. The van der Waals surface area contributed by atoms with Crippen LogP contribution in [-0.2, 0) is 14.6 Å². The molecule has 5 rings (SSSR count). The zero-order valence-electron chi connectivity index (χ0n) is 19.0. The maximum absolute atomic E-state index is 13.6. The molecule has 3 heterocycles. The average Bonchev–Trinajstić information content (AvgIpc) is 3.29. The Bertz CT molecular complexity index is 1270. The lowest BCUT2D eigenvalue weighted by Gasteiger charge is -2.26.